The molecule has 92 valence electrons. The van der Waals surface area contributed by atoms with Crippen LogP contribution in [0.2, 0.25) is 0 Å². The molecule has 0 amide bonds. The van der Waals surface area contributed by atoms with Crippen LogP contribution in [0.5, 0.6) is 0 Å². The van der Waals surface area contributed by atoms with Crippen LogP contribution in [0.4, 0.5) is 11.4 Å². The van der Waals surface area contributed by atoms with Gasteiger partial charge in [0.2, 0.25) is 0 Å². The van der Waals surface area contributed by atoms with Gasteiger partial charge in [0.25, 0.3) is 0 Å². The van der Waals surface area contributed by atoms with Gasteiger partial charge in [-0.2, -0.15) is 0 Å². The molecule has 2 aromatic carbocycles. The zero-order chi connectivity index (χ0) is 13.0. The Morgan fingerprint density at radius 3 is 2.22 bits per heavy atom. The molecule has 0 bridgehead atoms. The highest BCUT2D eigenvalue weighted by atomic mass is 16.1. The Balaban J connectivity index is 2.49. The van der Waals surface area contributed by atoms with Crippen LogP contribution in [-0.2, 0) is 0 Å². The van der Waals surface area contributed by atoms with Crippen LogP contribution < -0.4 is 4.90 Å². The van der Waals surface area contributed by atoms with Crippen molar-refractivity contribution >= 4 is 17.2 Å². The van der Waals surface area contributed by atoms with E-state index in [0.29, 0.717) is 0 Å². The number of benzene rings is 2. The van der Waals surface area contributed by atoms with E-state index in [9.17, 15) is 4.79 Å². The maximum atomic E-state index is 11.7. The molecule has 0 N–H and O–H groups in total. The summed E-state index contributed by atoms with van der Waals surface area (Å²) in [6.45, 7) is 4.52. The second kappa shape index (κ2) is 5.50. The van der Waals surface area contributed by atoms with Crippen LogP contribution in [0.1, 0.15) is 24.2 Å². The van der Waals surface area contributed by atoms with E-state index in [2.05, 4.69) is 24.0 Å². The van der Waals surface area contributed by atoms with Crippen molar-refractivity contribution in [2.24, 2.45) is 0 Å². The van der Waals surface area contributed by atoms with E-state index in [1.807, 2.05) is 42.5 Å². The third-order valence-corrected chi connectivity index (χ3v) is 2.96. The molecule has 0 saturated carbocycles. The molecule has 2 heteroatoms. The van der Waals surface area contributed by atoms with Gasteiger partial charge in [-0.3, -0.25) is 4.79 Å². The lowest BCUT2D eigenvalue weighted by Gasteiger charge is -2.25. The summed E-state index contributed by atoms with van der Waals surface area (Å²) in [5, 5.41) is 0. The summed E-state index contributed by atoms with van der Waals surface area (Å²) in [5.41, 5.74) is 2.84. The van der Waals surface area contributed by atoms with E-state index >= 15 is 0 Å². The second-order valence-electron chi connectivity index (χ2n) is 4.15. The van der Waals surface area contributed by atoms with Crippen molar-refractivity contribution in [3.8, 4) is 0 Å². The third kappa shape index (κ3) is 2.43. The molecule has 2 aromatic rings. The fourth-order valence-corrected chi connectivity index (χ4v) is 2.11. The summed E-state index contributed by atoms with van der Waals surface area (Å²) >= 11 is 0. The zero-order valence-corrected chi connectivity index (χ0v) is 10.8. The molecular weight excluding hydrogens is 222 g/mol. The number of anilines is 2. The molecule has 0 unspecified atom stereocenters. The number of Topliss-reactive ketones (excluding diaryl/α,β-unsaturated/α-hetero) is 1. The van der Waals surface area contributed by atoms with Crippen LogP contribution in [0.3, 0.4) is 0 Å². The molecule has 0 heterocycles. The van der Waals surface area contributed by atoms with Gasteiger partial charge in [0.1, 0.15) is 0 Å². The van der Waals surface area contributed by atoms with E-state index in [-0.39, 0.29) is 5.78 Å². The number of carbonyl (C=O) groups excluding carboxylic acids is 1. The summed E-state index contributed by atoms with van der Waals surface area (Å²) in [5.74, 6) is 0.0972. The van der Waals surface area contributed by atoms with Crippen LogP contribution in [0, 0.1) is 0 Å². The standard InChI is InChI=1S/C16H17NO/c1-3-17(14-9-5-4-6-10-14)16-12-8-7-11-15(16)13(2)18/h4-12H,3H2,1-2H3. The number of hydrogen-bond donors (Lipinski definition) is 0. The van der Waals surface area contributed by atoms with Gasteiger partial charge in [-0.05, 0) is 38.1 Å². The Hall–Kier alpha value is -2.09. The summed E-state index contributed by atoms with van der Waals surface area (Å²) in [4.78, 5) is 13.8. The van der Waals surface area contributed by atoms with E-state index in [4.69, 9.17) is 0 Å². The van der Waals surface area contributed by atoms with Gasteiger partial charge in [0, 0.05) is 17.8 Å². The Morgan fingerprint density at radius 2 is 1.61 bits per heavy atom. The van der Waals surface area contributed by atoms with E-state index < -0.39 is 0 Å². The monoisotopic (exact) mass is 239 g/mol. The van der Waals surface area contributed by atoms with Gasteiger partial charge in [-0.15, -0.1) is 0 Å². The summed E-state index contributed by atoms with van der Waals surface area (Å²) in [6.07, 6.45) is 0. The Bertz CT molecular complexity index is 534. The maximum Gasteiger partial charge on any atom is 0.161 e. The molecule has 18 heavy (non-hydrogen) atoms. The fourth-order valence-electron chi connectivity index (χ4n) is 2.11. The van der Waals surface area contributed by atoms with Gasteiger partial charge in [-0.25, -0.2) is 0 Å². The molecule has 0 fully saturated rings. The topological polar surface area (TPSA) is 20.3 Å². The number of ketones is 1. The zero-order valence-electron chi connectivity index (χ0n) is 10.8. The summed E-state index contributed by atoms with van der Waals surface area (Å²) in [7, 11) is 0. The minimum atomic E-state index is 0.0972. The maximum absolute atomic E-state index is 11.7. The van der Waals surface area contributed by atoms with Crippen molar-refractivity contribution in [1.82, 2.24) is 0 Å². The third-order valence-electron chi connectivity index (χ3n) is 2.96. The van der Waals surface area contributed by atoms with Crippen molar-refractivity contribution < 1.29 is 4.79 Å². The molecule has 0 spiro atoms. The average Bonchev–Trinajstić information content (AvgIpc) is 2.41. The van der Waals surface area contributed by atoms with Crippen molar-refractivity contribution in [1.29, 1.82) is 0 Å². The highest BCUT2D eigenvalue weighted by Crippen LogP contribution is 2.28. The van der Waals surface area contributed by atoms with Gasteiger partial charge in [0.05, 0.1) is 5.69 Å². The highest BCUT2D eigenvalue weighted by Gasteiger charge is 2.13. The average molecular weight is 239 g/mol. The van der Waals surface area contributed by atoms with Gasteiger partial charge < -0.3 is 4.90 Å². The SMILES string of the molecule is CCN(c1ccccc1)c1ccccc1C(C)=O. The lowest BCUT2D eigenvalue weighted by Crippen LogP contribution is -2.18. The number of nitrogens with zero attached hydrogens (tertiary/aromatic N) is 1. The summed E-state index contributed by atoms with van der Waals surface area (Å²) < 4.78 is 0. The van der Waals surface area contributed by atoms with E-state index in [0.717, 1.165) is 23.5 Å². The Kier molecular flexibility index (Phi) is 3.78. The predicted molar refractivity (Wildman–Crippen MR) is 75.6 cm³/mol. The lowest BCUT2D eigenvalue weighted by atomic mass is 10.1. The molecular formula is C16H17NO. The van der Waals surface area contributed by atoms with Gasteiger partial charge in [0.15, 0.2) is 5.78 Å². The first-order chi connectivity index (χ1) is 8.74. The van der Waals surface area contributed by atoms with E-state index in [1.54, 1.807) is 6.92 Å². The fraction of sp³-hybridized carbons (Fsp3) is 0.188. The molecule has 0 aromatic heterocycles. The number of hydrogen-bond acceptors (Lipinski definition) is 2. The minimum Gasteiger partial charge on any atom is -0.341 e. The molecule has 0 atom stereocenters. The number of para-hydroxylation sites is 2. The first kappa shape index (κ1) is 12.4. The molecule has 0 aliphatic carbocycles. The smallest absolute Gasteiger partial charge is 0.161 e. The Morgan fingerprint density at radius 1 is 1.00 bits per heavy atom. The molecule has 0 radical (unpaired) electrons. The number of rotatable bonds is 4. The first-order valence-corrected chi connectivity index (χ1v) is 6.16. The van der Waals surface area contributed by atoms with Crippen molar-refractivity contribution in [3.05, 3.63) is 60.2 Å². The summed E-state index contributed by atoms with van der Waals surface area (Å²) in [6, 6.07) is 17.9. The number of carbonyl (C=O) groups is 1. The van der Waals surface area contributed by atoms with Crippen molar-refractivity contribution in [3.63, 3.8) is 0 Å². The normalized spacial score (nSPS) is 10.1. The lowest BCUT2D eigenvalue weighted by molar-refractivity contribution is 0.101. The molecule has 2 rings (SSSR count). The van der Waals surface area contributed by atoms with Gasteiger partial charge >= 0.3 is 0 Å². The Labute approximate surface area is 108 Å². The van der Waals surface area contributed by atoms with Crippen LogP contribution in [-0.4, -0.2) is 12.3 Å². The molecule has 2 nitrogen and oxygen atoms in total. The predicted octanol–water partition coefficient (Wildman–Crippen LogP) is 4.05. The van der Waals surface area contributed by atoms with Crippen LogP contribution >= 0.6 is 0 Å². The van der Waals surface area contributed by atoms with Crippen LogP contribution in [0.25, 0.3) is 0 Å². The second-order valence-corrected chi connectivity index (χ2v) is 4.15. The minimum absolute atomic E-state index is 0.0972. The van der Waals surface area contributed by atoms with E-state index in [1.165, 1.54) is 0 Å². The van der Waals surface area contributed by atoms with Crippen LogP contribution in [0.15, 0.2) is 54.6 Å². The van der Waals surface area contributed by atoms with Crippen molar-refractivity contribution in [2.45, 2.75) is 13.8 Å². The molecule has 0 aliphatic heterocycles. The van der Waals surface area contributed by atoms with Gasteiger partial charge in [-0.1, -0.05) is 30.3 Å². The molecule has 0 saturated heterocycles. The molecule has 0 aliphatic rings. The van der Waals surface area contributed by atoms with Crippen molar-refractivity contribution in [2.75, 3.05) is 11.4 Å². The highest BCUT2D eigenvalue weighted by molar-refractivity contribution is 6.00. The largest absolute Gasteiger partial charge is 0.341 e. The quantitative estimate of drug-likeness (QED) is 0.750. The first-order valence-electron chi connectivity index (χ1n) is 6.16.